The largest absolute Gasteiger partial charge is 0.507 e. The predicted octanol–water partition coefficient (Wildman–Crippen LogP) is 19.1. The number of para-hydroxylation sites is 3. The lowest BCUT2D eigenvalue weighted by Gasteiger charge is -2.28. The number of phenolic OH excluding ortho intramolecular Hbond substituents is 3. The summed E-state index contributed by atoms with van der Waals surface area (Å²) < 4.78 is 0. The summed E-state index contributed by atoms with van der Waals surface area (Å²) in [6, 6.07) is 32.6. The molecule has 0 amide bonds. The highest BCUT2D eigenvalue weighted by atomic mass is 16.3. The van der Waals surface area contributed by atoms with Crippen LogP contribution in [0.25, 0.3) is 33.4 Å². The van der Waals surface area contributed by atoms with E-state index in [2.05, 4.69) is 202 Å². The Morgan fingerprint density at radius 1 is 0.300 bits per heavy atom. The van der Waals surface area contributed by atoms with E-state index in [1.54, 1.807) is 0 Å². The fraction of sp³-hybridized carbons (Fsp3) is 0.455. The molecule has 3 N–H and O–H groups in total. The summed E-state index contributed by atoms with van der Waals surface area (Å²) in [5, 5.41) is 37.9. The fourth-order valence-corrected chi connectivity index (χ4v) is 10.5. The zero-order valence-corrected chi connectivity index (χ0v) is 46.3. The number of rotatable bonds is 18. The summed E-state index contributed by atoms with van der Waals surface area (Å²) >= 11 is 0. The molecule has 6 aromatic carbocycles. The molecule has 0 aliphatic carbocycles. The van der Waals surface area contributed by atoms with Crippen LogP contribution in [0.1, 0.15) is 245 Å². The first-order valence-corrected chi connectivity index (χ1v) is 26.6. The molecule has 70 heavy (non-hydrogen) atoms. The van der Waals surface area contributed by atoms with Crippen LogP contribution >= 0.6 is 0 Å². The van der Waals surface area contributed by atoms with Crippen LogP contribution in [0.3, 0.4) is 0 Å². The molecule has 0 bridgehead atoms. The standard InChI is InChI=1S/C66H87NO3/c1-37(2)49-28-55(40(7)8)61(56(29-49)41(9)10)52-25-19-22-46(64(52)68)34-67(35-47-23-20-26-53(65(47)69)62-57(42(11)12)30-50(38(3)4)31-58(62)43(13)14)36-48-24-21-27-54(66(48)70)63-59(44(15)16)32-51(39(5)6)33-60(63)45(17)18/h19-33,37-45,68-70H,34-36H2,1-18H3. The number of benzene rings is 6. The number of phenols is 3. The van der Waals surface area contributed by atoms with Gasteiger partial charge in [-0.05, 0) is 120 Å². The van der Waals surface area contributed by atoms with Gasteiger partial charge < -0.3 is 15.3 Å². The Balaban J connectivity index is 1.56. The molecule has 0 spiro atoms. The lowest BCUT2D eigenvalue weighted by molar-refractivity contribution is 0.238. The molecule has 4 heteroatoms. The van der Waals surface area contributed by atoms with Crippen molar-refractivity contribution in [2.45, 2.75) is 198 Å². The van der Waals surface area contributed by atoms with Crippen LogP contribution in [-0.4, -0.2) is 20.2 Å². The lowest BCUT2D eigenvalue weighted by Crippen LogP contribution is -2.23. The van der Waals surface area contributed by atoms with Crippen molar-refractivity contribution in [2.75, 3.05) is 0 Å². The SMILES string of the molecule is CC(C)c1cc(C(C)C)c(-c2cccc(CN(Cc3cccc(-c4c(C(C)C)cc(C(C)C)cc4C(C)C)c3O)Cc3cccc(-c4c(C(C)C)cc(C(C)C)cc4C(C)C)c3O)c2O)c(C(C)C)c1. The first kappa shape index (κ1) is 54.0. The molecule has 0 fully saturated rings. The van der Waals surface area contributed by atoms with Gasteiger partial charge in [-0.25, -0.2) is 0 Å². The van der Waals surface area contributed by atoms with Gasteiger partial charge in [-0.1, -0.05) is 216 Å². The molecule has 0 radical (unpaired) electrons. The predicted molar refractivity (Wildman–Crippen MR) is 300 cm³/mol. The maximum absolute atomic E-state index is 12.6. The minimum absolute atomic E-state index is 0.249. The first-order chi connectivity index (χ1) is 32.9. The second-order valence-electron chi connectivity index (χ2n) is 23.2. The molecule has 0 unspecified atom stereocenters. The first-order valence-electron chi connectivity index (χ1n) is 26.6. The van der Waals surface area contributed by atoms with Crippen LogP contribution in [0.5, 0.6) is 17.2 Å². The van der Waals surface area contributed by atoms with Gasteiger partial charge in [0.05, 0.1) is 0 Å². The van der Waals surface area contributed by atoms with Crippen LogP contribution in [0.4, 0.5) is 0 Å². The molecule has 0 saturated carbocycles. The summed E-state index contributed by atoms with van der Waals surface area (Å²) in [7, 11) is 0. The van der Waals surface area contributed by atoms with Crippen molar-refractivity contribution in [3.63, 3.8) is 0 Å². The topological polar surface area (TPSA) is 63.9 Å². The second-order valence-corrected chi connectivity index (χ2v) is 23.2. The van der Waals surface area contributed by atoms with E-state index in [0.717, 1.165) is 50.1 Å². The van der Waals surface area contributed by atoms with Crippen molar-refractivity contribution in [3.8, 4) is 50.6 Å². The number of hydrogen-bond acceptors (Lipinski definition) is 4. The molecule has 0 aromatic heterocycles. The Hall–Kier alpha value is -5.32. The Bertz CT molecular complexity index is 2390. The van der Waals surface area contributed by atoms with E-state index in [-0.39, 0.29) is 52.8 Å². The number of nitrogens with zero attached hydrogens (tertiary/aromatic N) is 1. The van der Waals surface area contributed by atoms with Crippen molar-refractivity contribution in [3.05, 3.63) is 158 Å². The van der Waals surface area contributed by atoms with Crippen LogP contribution in [-0.2, 0) is 19.6 Å². The van der Waals surface area contributed by atoms with Gasteiger partial charge in [-0.2, -0.15) is 0 Å². The molecule has 0 saturated heterocycles. The summed E-state index contributed by atoms with van der Waals surface area (Å²) in [4.78, 5) is 2.27. The van der Waals surface area contributed by atoms with Gasteiger partial charge in [0.2, 0.25) is 0 Å². The van der Waals surface area contributed by atoms with Gasteiger partial charge in [0.15, 0.2) is 0 Å². The normalized spacial score (nSPS) is 12.3. The lowest BCUT2D eigenvalue weighted by atomic mass is 9.81. The summed E-state index contributed by atoms with van der Waals surface area (Å²) in [6.07, 6.45) is 0. The molecular formula is C66H87NO3. The molecule has 374 valence electrons. The van der Waals surface area contributed by atoms with Gasteiger partial charge in [0.1, 0.15) is 17.2 Å². The Morgan fingerprint density at radius 2 is 0.500 bits per heavy atom. The van der Waals surface area contributed by atoms with Crippen molar-refractivity contribution in [1.82, 2.24) is 4.90 Å². The van der Waals surface area contributed by atoms with Crippen LogP contribution in [0.15, 0.2) is 91.0 Å². The van der Waals surface area contributed by atoms with Crippen LogP contribution in [0.2, 0.25) is 0 Å². The summed E-state index contributed by atoms with van der Waals surface area (Å²) in [5.74, 6) is 3.44. The minimum atomic E-state index is 0.249. The molecule has 0 aliphatic heterocycles. The number of aromatic hydroxyl groups is 3. The maximum Gasteiger partial charge on any atom is 0.127 e. The molecule has 0 aliphatic rings. The van der Waals surface area contributed by atoms with E-state index >= 15 is 0 Å². The zero-order valence-electron chi connectivity index (χ0n) is 46.3. The molecule has 6 rings (SSSR count). The quantitative estimate of drug-likeness (QED) is 0.0803. The third-order valence-corrected chi connectivity index (χ3v) is 14.7. The number of hydrogen-bond donors (Lipinski definition) is 3. The average molecular weight is 942 g/mol. The van der Waals surface area contributed by atoms with Gasteiger partial charge in [-0.3, -0.25) is 4.90 Å². The van der Waals surface area contributed by atoms with Gasteiger partial charge in [0, 0.05) is 53.0 Å². The van der Waals surface area contributed by atoms with Crippen molar-refractivity contribution >= 4 is 0 Å². The van der Waals surface area contributed by atoms with Crippen LogP contribution < -0.4 is 0 Å². The minimum Gasteiger partial charge on any atom is -0.507 e. The Morgan fingerprint density at radius 3 is 0.671 bits per heavy atom. The molecule has 6 aromatic rings. The average Bonchev–Trinajstić information content (AvgIpc) is 3.29. The Labute approximate surface area is 424 Å². The third-order valence-electron chi connectivity index (χ3n) is 14.7. The van der Waals surface area contributed by atoms with Gasteiger partial charge in [0.25, 0.3) is 0 Å². The maximum atomic E-state index is 12.6. The van der Waals surface area contributed by atoms with Gasteiger partial charge >= 0.3 is 0 Å². The highest BCUT2D eigenvalue weighted by Gasteiger charge is 2.27. The van der Waals surface area contributed by atoms with E-state index < -0.39 is 0 Å². The van der Waals surface area contributed by atoms with Crippen molar-refractivity contribution in [1.29, 1.82) is 0 Å². The van der Waals surface area contributed by atoms with E-state index in [0.29, 0.717) is 37.4 Å². The fourth-order valence-electron chi connectivity index (χ4n) is 10.5. The van der Waals surface area contributed by atoms with Crippen LogP contribution in [0, 0.1) is 0 Å². The van der Waals surface area contributed by atoms with Crippen molar-refractivity contribution < 1.29 is 15.3 Å². The highest BCUT2D eigenvalue weighted by Crippen LogP contribution is 2.47. The smallest absolute Gasteiger partial charge is 0.127 e. The van der Waals surface area contributed by atoms with Crippen molar-refractivity contribution in [2.24, 2.45) is 0 Å². The third kappa shape index (κ3) is 11.4. The second kappa shape index (κ2) is 22.4. The zero-order chi connectivity index (χ0) is 51.6. The van der Waals surface area contributed by atoms with E-state index in [1.165, 1.54) is 50.1 Å². The van der Waals surface area contributed by atoms with E-state index in [4.69, 9.17) is 0 Å². The highest BCUT2D eigenvalue weighted by molar-refractivity contribution is 5.81. The van der Waals surface area contributed by atoms with E-state index in [9.17, 15) is 15.3 Å². The molecule has 0 atom stereocenters. The molecular weight excluding hydrogens is 855 g/mol. The summed E-state index contributed by atoms with van der Waals surface area (Å²) in [5.41, 5.74) is 19.7. The molecule has 4 nitrogen and oxygen atoms in total. The monoisotopic (exact) mass is 942 g/mol. The summed E-state index contributed by atoms with van der Waals surface area (Å²) in [6.45, 7) is 41.6. The molecule has 0 heterocycles. The van der Waals surface area contributed by atoms with E-state index in [1.807, 2.05) is 18.2 Å². The Kier molecular flexibility index (Phi) is 17.3. The van der Waals surface area contributed by atoms with Gasteiger partial charge in [-0.15, -0.1) is 0 Å².